The number of nitrogens with one attached hydrogen (secondary N) is 1. The molecule has 0 saturated carbocycles. The predicted molar refractivity (Wildman–Crippen MR) is 122 cm³/mol. The van der Waals surface area contributed by atoms with Crippen LogP contribution in [0, 0.1) is 0 Å². The highest BCUT2D eigenvalue weighted by molar-refractivity contribution is 5.88. The standard InChI is InChI=1S/C26H28N2O3/c1-18(20-10-11-22-16-23(31-2)13-12-21(22)15-20)26(30)27-24(19-7-4-3-5-8-19)17-28-14-6-9-25(28)29/h3-5,7-8,10-13,15-16,18,24H,6,9,14,17H2,1-2H3,(H,27,30)/t18-,24?/m0/s1. The molecular weight excluding hydrogens is 388 g/mol. The fraction of sp³-hybridized carbons (Fsp3) is 0.308. The van der Waals surface area contributed by atoms with Crippen LogP contribution in [0.2, 0.25) is 0 Å². The lowest BCUT2D eigenvalue weighted by atomic mass is 9.96. The minimum absolute atomic E-state index is 0.0478. The number of carbonyl (C=O) groups excluding carboxylic acids is 2. The van der Waals surface area contributed by atoms with E-state index < -0.39 is 0 Å². The van der Waals surface area contributed by atoms with Gasteiger partial charge in [-0.3, -0.25) is 9.59 Å². The number of likely N-dealkylation sites (tertiary alicyclic amines) is 1. The van der Waals surface area contributed by atoms with E-state index in [-0.39, 0.29) is 23.8 Å². The third kappa shape index (κ3) is 4.71. The molecule has 1 aliphatic heterocycles. The van der Waals surface area contributed by atoms with E-state index in [1.54, 1.807) is 7.11 Å². The van der Waals surface area contributed by atoms with Gasteiger partial charge in [0.25, 0.3) is 0 Å². The highest BCUT2D eigenvalue weighted by Crippen LogP contribution is 2.26. The van der Waals surface area contributed by atoms with E-state index >= 15 is 0 Å². The maximum atomic E-state index is 13.2. The summed E-state index contributed by atoms with van der Waals surface area (Å²) in [4.78, 5) is 27.2. The molecule has 0 spiro atoms. The van der Waals surface area contributed by atoms with Gasteiger partial charge in [-0.15, -0.1) is 0 Å². The van der Waals surface area contributed by atoms with Crippen molar-refractivity contribution < 1.29 is 14.3 Å². The summed E-state index contributed by atoms with van der Waals surface area (Å²) in [6, 6.07) is 21.6. The van der Waals surface area contributed by atoms with Gasteiger partial charge in [0.2, 0.25) is 11.8 Å². The first-order valence-electron chi connectivity index (χ1n) is 10.8. The van der Waals surface area contributed by atoms with Crippen molar-refractivity contribution in [1.82, 2.24) is 10.2 Å². The monoisotopic (exact) mass is 416 g/mol. The molecule has 1 aliphatic rings. The summed E-state index contributed by atoms with van der Waals surface area (Å²) >= 11 is 0. The second-order valence-electron chi connectivity index (χ2n) is 8.11. The molecule has 0 bridgehead atoms. The van der Waals surface area contributed by atoms with Crippen molar-refractivity contribution in [2.75, 3.05) is 20.2 Å². The number of benzene rings is 3. The largest absolute Gasteiger partial charge is 0.497 e. The molecule has 1 saturated heterocycles. The Bertz CT molecular complexity index is 1080. The fourth-order valence-electron chi connectivity index (χ4n) is 4.12. The van der Waals surface area contributed by atoms with Crippen molar-refractivity contribution >= 4 is 22.6 Å². The Morgan fingerprint density at radius 2 is 1.77 bits per heavy atom. The van der Waals surface area contributed by atoms with Gasteiger partial charge in [-0.05, 0) is 47.4 Å². The average molecular weight is 417 g/mol. The molecule has 31 heavy (non-hydrogen) atoms. The summed E-state index contributed by atoms with van der Waals surface area (Å²) in [5.74, 6) is 0.613. The van der Waals surface area contributed by atoms with Crippen molar-refractivity contribution in [1.29, 1.82) is 0 Å². The highest BCUT2D eigenvalue weighted by atomic mass is 16.5. The number of amides is 2. The van der Waals surface area contributed by atoms with E-state index in [0.29, 0.717) is 13.0 Å². The van der Waals surface area contributed by atoms with Crippen LogP contribution in [0.1, 0.15) is 42.9 Å². The number of rotatable bonds is 7. The maximum absolute atomic E-state index is 13.2. The molecule has 4 rings (SSSR count). The first-order chi connectivity index (χ1) is 15.0. The Morgan fingerprint density at radius 1 is 1.03 bits per heavy atom. The van der Waals surface area contributed by atoms with Gasteiger partial charge in [0, 0.05) is 19.5 Å². The smallest absolute Gasteiger partial charge is 0.227 e. The van der Waals surface area contributed by atoms with E-state index in [2.05, 4.69) is 11.4 Å². The molecule has 1 N–H and O–H groups in total. The first-order valence-corrected chi connectivity index (χ1v) is 10.8. The summed E-state index contributed by atoms with van der Waals surface area (Å²) in [6.07, 6.45) is 1.47. The SMILES string of the molecule is COc1ccc2cc([C@H](C)C(=O)NC(CN3CCCC3=O)c3ccccc3)ccc2c1. The molecule has 160 valence electrons. The number of nitrogens with zero attached hydrogens (tertiary/aromatic N) is 1. The lowest BCUT2D eigenvalue weighted by Crippen LogP contribution is -2.40. The minimum atomic E-state index is -0.313. The number of hydrogen-bond acceptors (Lipinski definition) is 3. The first kappa shape index (κ1) is 20.9. The molecule has 0 aliphatic carbocycles. The summed E-state index contributed by atoms with van der Waals surface area (Å²) in [5, 5.41) is 5.34. The molecule has 2 amide bonds. The number of carbonyl (C=O) groups is 2. The Hall–Kier alpha value is -3.34. The van der Waals surface area contributed by atoms with Gasteiger partial charge in [0.05, 0.1) is 19.1 Å². The molecule has 5 nitrogen and oxygen atoms in total. The van der Waals surface area contributed by atoms with E-state index in [1.165, 1.54) is 0 Å². The van der Waals surface area contributed by atoms with Gasteiger partial charge in [-0.25, -0.2) is 0 Å². The molecule has 1 fully saturated rings. The van der Waals surface area contributed by atoms with Crippen LogP contribution in [0.4, 0.5) is 0 Å². The summed E-state index contributed by atoms with van der Waals surface area (Å²) < 4.78 is 5.29. The highest BCUT2D eigenvalue weighted by Gasteiger charge is 2.27. The molecular formula is C26H28N2O3. The Kier molecular flexibility index (Phi) is 6.21. The van der Waals surface area contributed by atoms with E-state index in [1.807, 2.05) is 72.5 Å². The summed E-state index contributed by atoms with van der Waals surface area (Å²) in [5.41, 5.74) is 1.97. The van der Waals surface area contributed by atoms with Crippen molar-refractivity contribution in [3.8, 4) is 5.75 Å². The second-order valence-corrected chi connectivity index (χ2v) is 8.11. The molecule has 3 aromatic rings. The maximum Gasteiger partial charge on any atom is 0.227 e. The third-order valence-electron chi connectivity index (χ3n) is 6.06. The zero-order valence-corrected chi connectivity index (χ0v) is 18.0. The van der Waals surface area contributed by atoms with Crippen molar-refractivity contribution in [2.24, 2.45) is 0 Å². The van der Waals surface area contributed by atoms with E-state index in [9.17, 15) is 9.59 Å². The van der Waals surface area contributed by atoms with Crippen LogP contribution >= 0.6 is 0 Å². The predicted octanol–water partition coefficient (Wildman–Crippen LogP) is 4.43. The van der Waals surface area contributed by atoms with Gasteiger partial charge in [-0.2, -0.15) is 0 Å². The van der Waals surface area contributed by atoms with Crippen LogP contribution in [0.25, 0.3) is 10.8 Å². The Balaban J connectivity index is 1.53. The normalized spacial score (nSPS) is 15.7. The van der Waals surface area contributed by atoms with Crippen LogP contribution in [0.5, 0.6) is 5.75 Å². The van der Waals surface area contributed by atoms with Crippen LogP contribution in [0.3, 0.4) is 0 Å². The van der Waals surface area contributed by atoms with E-state index in [4.69, 9.17) is 4.74 Å². The molecule has 1 unspecified atom stereocenters. The van der Waals surface area contributed by atoms with Gasteiger partial charge < -0.3 is 15.0 Å². The van der Waals surface area contributed by atoms with E-state index in [0.717, 1.165) is 40.6 Å². The van der Waals surface area contributed by atoms with Crippen LogP contribution < -0.4 is 10.1 Å². The number of hydrogen-bond donors (Lipinski definition) is 1. The number of methoxy groups -OCH3 is 1. The lowest BCUT2D eigenvalue weighted by molar-refractivity contribution is -0.129. The topological polar surface area (TPSA) is 58.6 Å². The van der Waals surface area contributed by atoms with Gasteiger partial charge in [-0.1, -0.05) is 54.6 Å². The third-order valence-corrected chi connectivity index (χ3v) is 6.06. The van der Waals surface area contributed by atoms with Crippen LogP contribution in [0.15, 0.2) is 66.7 Å². The molecule has 3 aromatic carbocycles. The van der Waals surface area contributed by atoms with Crippen molar-refractivity contribution in [2.45, 2.75) is 31.7 Å². The molecule has 0 radical (unpaired) electrons. The molecule has 0 aromatic heterocycles. The van der Waals surface area contributed by atoms with Crippen molar-refractivity contribution in [3.05, 3.63) is 77.9 Å². The van der Waals surface area contributed by atoms with Gasteiger partial charge in [0.1, 0.15) is 5.75 Å². The zero-order chi connectivity index (χ0) is 21.8. The molecule has 5 heteroatoms. The summed E-state index contributed by atoms with van der Waals surface area (Å²) in [6.45, 7) is 3.17. The number of ether oxygens (including phenoxy) is 1. The molecule has 2 atom stereocenters. The zero-order valence-electron chi connectivity index (χ0n) is 18.0. The lowest BCUT2D eigenvalue weighted by Gasteiger charge is -2.26. The fourth-order valence-corrected chi connectivity index (χ4v) is 4.12. The quantitative estimate of drug-likeness (QED) is 0.620. The van der Waals surface area contributed by atoms with Gasteiger partial charge >= 0.3 is 0 Å². The van der Waals surface area contributed by atoms with Crippen LogP contribution in [-0.4, -0.2) is 36.9 Å². The number of fused-ring (bicyclic) bond motifs is 1. The minimum Gasteiger partial charge on any atom is -0.497 e. The van der Waals surface area contributed by atoms with Crippen molar-refractivity contribution in [3.63, 3.8) is 0 Å². The average Bonchev–Trinajstić information content (AvgIpc) is 3.22. The Labute approximate surface area is 183 Å². The van der Waals surface area contributed by atoms with Gasteiger partial charge in [0.15, 0.2) is 0 Å². The van der Waals surface area contributed by atoms with Crippen LogP contribution in [-0.2, 0) is 9.59 Å². The Morgan fingerprint density at radius 3 is 2.48 bits per heavy atom. The molecule has 1 heterocycles. The second kappa shape index (κ2) is 9.21. The summed E-state index contributed by atoms with van der Waals surface area (Å²) in [7, 11) is 1.65.